The lowest BCUT2D eigenvalue weighted by atomic mass is 10.2. The van der Waals surface area contributed by atoms with Crippen LogP contribution >= 0.6 is 11.3 Å². The quantitative estimate of drug-likeness (QED) is 0.591. The zero-order valence-corrected chi connectivity index (χ0v) is 14.8. The second-order valence-electron chi connectivity index (χ2n) is 5.87. The zero-order chi connectivity index (χ0) is 18.1. The summed E-state index contributed by atoms with van der Waals surface area (Å²) in [6, 6.07) is 14.1. The highest BCUT2D eigenvalue weighted by atomic mass is 32.1. The Morgan fingerprint density at radius 2 is 1.96 bits per heavy atom. The number of benzene rings is 2. The van der Waals surface area contributed by atoms with Gasteiger partial charge in [0.25, 0.3) is 5.91 Å². The molecule has 2 aromatic carbocycles. The van der Waals surface area contributed by atoms with Crippen LogP contribution in [0.15, 0.2) is 54.7 Å². The maximum absolute atomic E-state index is 13.9. The summed E-state index contributed by atoms with van der Waals surface area (Å²) in [4.78, 5) is 26.6. The van der Waals surface area contributed by atoms with Crippen molar-refractivity contribution in [1.82, 2.24) is 19.9 Å². The van der Waals surface area contributed by atoms with Crippen LogP contribution in [0, 0.1) is 5.82 Å². The van der Waals surface area contributed by atoms with E-state index in [0.29, 0.717) is 27.8 Å². The highest BCUT2D eigenvalue weighted by Gasteiger charge is 2.18. The summed E-state index contributed by atoms with van der Waals surface area (Å²) in [6.07, 6.45) is 1.49. The molecule has 0 unspecified atom stereocenters. The summed E-state index contributed by atoms with van der Waals surface area (Å²) in [5.41, 5.74) is 2.20. The van der Waals surface area contributed by atoms with E-state index in [9.17, 15) is 9.18 Å². The van der Waals surface area contributed by atoms with Gasteiger partial charge < -0.3 is 9.88 Å². The molecule has 2 heterocycles. The summed E-state index contributed by atoms with van der Waals surface area (Å²) >= 11 is 1.18. The first kappa shape index (κ1) is 16.4. The molecule has 0 spiro atoms. The van der Waals surface area contributed by atoms with E-state index in [1.165, 1.54) is 23.6 Å². The van der Waals surface area contributed by atoms with Gasteiger partial charge in [-0.25, -0.2) is 14.4 Å². The van der Waals surface area contributed by atoms with Crippen LogP contribution in [0.1, 0.15) is 15.5 Å². The molecule has 4 aromatic rings. The highest BCUT2D eigenvalue weighted by Crippen LogP contribution is 2.28. The van der Waals surface area contributed by atoms with Crippen molar-refractivity contribution >= 4 is 28.3 Å². The topological polar surface area (TPSA) is 61.9 Å². The number of carbonyl (C=O) groups is 1. The molecule has 5 nitrogen and oxygen atoms in total. The molecule has 26 heavy (non-hydrogen) atoms. The first-order valence-electron chi connectivity index (χ1n) is 8.01. The minimum Gasteiger partial charge on any atom is -0.340 e. The first-order chi connectivity index (χ1) is 12.6. The molecular weight excluding hydrogens is 351 g/mol. The molecule has 0 bridgehead atoms. The number of aromatic nitrogens is 3. The van der Waals surface area contributed by atoms with E-state index in [1.807, 2.05) is 24.3 Å². The van der Waals surface area contributed by atoms with Crippen LogP contribution in [-0.4, -0.2) is 32.8 Å². The number of nitrogens with zero attached hydrogens (tertiary/aromatic N) is 3. The Morgan fingerprint density at radius 3 is 2.77 bits per heavy atom. The number of nitrogens with one attached hydrogen (secondary N) is 1. The van der Waals surface area contributed by atoms with Crippen molar-refractivity contribution in [1.29, 1.82) is 0 Å². The number of hydrogen-bond acceptors (Lipinski definition) is 4. The number of thiazole rings is 1. The number of fused-ring (bicyclic) bond motifs is 1. The number of rotatable bonds is 4. The number of imidazole rings is 1. The minimum absolute atomic E-state index is 0.175. The van der Waals surface area contributed by atoms with E-state index in [2.05, 4.69) is 15.0 Å². The molecular formula is C19H15FN4OS. The van der Waals surface area contributed by atoms with Gasteiger partial charge >= 0.3 is 0 Å². The monoisotopic (exact) mass is 366 g/mol. The normalized spacial score (nSPS) is 11.0. The lowest BCUT2D eigenvalue weighted by molar-refractivity contribution is 0.0786. The van der Waals surface area contributed by atoms with Crippen LogP contribution < -0.4 is 0 Å². The van der Waals surface area contributed by atoms with Gasteiger partial charge in [0.15, 0.2) is 0 Å². The second-order valence-corrected chi connectivity index (χ2v) is 6.90. The van der Waals surface area contributed by atoms with Gasteiger partial charge in [0.2, 0.25) is 0 Å². The van der Waals surface area contributed by atoms with Crippen molar-refractivity contribution < 1.29 is 9.18 Å². The molecule has 1 N–H and O–H groups in total. The molecule has 0 aliphatic heterocycles. The van der Waals surface area contributed by atoms with E-state index in [1.54, 1.807) is 30.1 Å². The molecule has 7 heteroatoms. The maximum atomic E-state index is 13.9. The predicted molar refractivity (Wildman–Crippen MR) is 99.4 cm³/mol. The Bertz CT molecular complexity index is 1050. The van der Waals surface area contributed by atoms with E-state index >= 15 is 0 Å². The molecule has 2 aromatic heterocycles. The van der Waals surface area contributed by atoms with Gasteiger partial charge in [-0.2, -0.15) is 0 Å². The van der Waals surface area contributed by atoms with Gasteiger partial charge in [0, 0.05) is 12.6 Å². The largest absolute Gasteiger partial charge is 0.340 e. The van der Waals surface area contributed by atoms with E-state index in [-0.39, 0.29) is 11.7 Å². The molecule has 0 fully saturated rings. The third-order valence-corrected chi connectivity index (χ3v) is 5.01. The molecule has 130 valence electrons. The second kappa shape index (κ2) is 6.68. The molecule has 1 amide bonds. The number of halogens is 1. The molecule has 0 aliphatic carbocycles. The first-order valence-corrected chi connectivity index (χ1v) is 8.83. The van der Waals surface area contributed by atoms with Gasteiger partial charge in [0.1, 0.15) is 21.5 Å². The Labute approximate surface area is 153 Å². The molecule has 0 atom stereocenters. The zero-order valence-electron chi connectivity index (χ0n) is 13.9. The number of para-hydroxylation sites is 2. The summed E-state index contributed by atoms with van der Waals surface area (Å²) in [5, 5.41) is 0.489. The van der Waals surface area contributed by atoms with Crippen molar-refractivity contribution in [2.24, 2.45) is 0 Å². The third kappa shape index (κ3) is 3.09. The minimum atomic E-state index is -0.350. The Balaban J connectivity index is 1.53. The van der Waals surface area contributed by atoms with Gasteiger partial charge in [-0.3, -0.25) is 4.79 Å². The molecule has 0 radical (unpaired) electrons. The summed E-state index contributed by atoms with van der Waals surface area (Å²) < 4.78 is 13.9. The predicted octanol–water partition coefficient (Wildman–Crippen LogP) is 4.10. The number of hydrogen-bond donors (Lipinski definition) is 1. The summed E-state index contributed by atoms with van der Waals surface area (Å²) in [6.45, 7) is 0.348. The molecule has 0 aliphatic rings. The van der Waals surface area contributed by atoms with Crippen LogP contribution in [-0.2, 0) is 6.54 Å². The number of H-pyrrole nitrogens is 1. The van der Waals surface area contributed by atoms with Gasteiger partial charge in [0.05, 0.1) is 23.8 Å². The van der Waals surface area contributed by atoms with E-state index in [0.717, 1.165) is 11.0 Å². The van der Waals surface area contributed by atoms with Crippen molar-refractivity contribution in [2.75, 3.05) is 7.05 Å². The van der Waals surface area contributed by atoms with E-state index < -0.39 is 0 Å². The average Bonchev–Trinajstić information content (AvgIpc) is 3.28. The molecule has 0 saturated carbocycles. The van der Waals surface area contributed by atoms with Crippen LogP contribution in [0.4, 0.5) is 4.39 Å². The standard InChI is InChI=1S/C19H15FN4OS/c1-24(11-17-22-14-8-4-5-9-15(14)23-17)19(25)16-10-21-18(26-16)12-6-2-3-7-13(12)20/h2-10H,11H2,1H3,(H,22,23). The molecule has 0 saturated heterocycles. The van der Waals surface area contributed by atoms with Gasteiger partial charge in [-0.1, -0.05) is 24.3 Å². The fourth-order valence-electron chi connectivity index (χ4n) is 2.70. The summed E-state index contributed by atoms with van der Waals surface area (Å²) in [7, 11) is 1.71. The lowest BCUT2D eigenvalue weighted by Gasteiger charge is -2.14. The van der Waals surface area contributed by atoms with Gasteiger partial charge in [-0.05, 0) is 24.3 Å². The SMILES string of the molecule is CN(Cc1nc2ccccc2[nH]1)C(=O)c1cnc(-c2ccccc2F)s1. The van der Waals surface area contributed by atoms with Crippen LogP contribution in [0.2, 0.25) is 0 Å². The fraction of sp³-hybridized carbons (Fsp3) is 0.105. The third-order valence-electron chi connectivity index (χ3n) is 3.99. The van der Waals surface area contributed by atoms with Crippen LogP contribution in [0.25, 0.3) is 21.6 Å². The van der Waals surface area contributed by atoms with Crippen LogP contribution in [0.3, 0.4) is 0 Å². The van der Waals surface area contributed by atoms with Crippen molar-refractivity contribution in [3.8, 4) is 10.6 Å². The molecule has 4 rings (SSSR count). The Morgan fingerprint density at radius 1 is 1.19 bits per heavy atom. The lowest BCUT2D eigenvalue weighted by Crippen LogP contribution is -2.25. The number of carbonyl (C=O) groups excluding carboxylic acids is 1. The van der Waals surface area contributed by atoms with Crippen molar-refractivity contribution in [3.63, 3.8) is 0 Å². The Kier molecular flexibility index (Phi) is 4.22. The smallest absolute Gasteiger partial charge is 0.265 e. The number of aromatic amines is 1. The number of amides is 1. The maximum Gasteiger partial charge on any atom is 0.265 e. The van der Waals surface area contributed by atoms with E-state index in [4.69, 9.17) is 0 Å². The van der Waals surface area contributed by atoms with Gasteiger partial charge in [-0.15, -0.1) is 11.3 Å². The Hall–Kier alpha value is -3.06. The average molecular weight is 366 g/mol. The van der Waals surface area contributed by atoms with Crippen LogP contribution in [0.5, 0.6) is 0 Å². The highest BCUT2D eigenvalue weighted by molar-refractivity contribution is 7.16. The fourth-order valence-corrected chi connectivity index (χ4v) is 3.64. The van der Waals surface area contributed by atoms with Crippen molar-refractivity contribution in [3.05, 3.63) is 71.2 Å². The van der Waals surface area contributed by atoms with Crippen molar-refractivity contribution in [2.45, 2.75) is 6.54 Å². The summed E-state index contributed by atoms with van der Waals surface area (Å²) in [5.74, 6) is 0.183.